The Kier molecular flexibility index (Phi) is 10.1. The summed E-state index contributed by atoms with van der Waals surface area (Å²) in [6.45, 7) is 14.4. The van der Waals surface area contributed by atoms with Crippen molar-refractivity contribution in [3.05, 3.63) is 294 Å². The molecule has 89 heavy (non-hydrogen) atoms. The van der Waals surface area contributed by atoms with Crippen LogP contribution < -0.4 is 4.90 Å². The van der Waals surface area contributed by atoms with Gasteiger partial charge in [-0.15, -0.1) is 0 Å². The van der Waals surface area contributed by atoms with Gasteiger partial charge in [-0.1, -0.05) is 242 Å². The van der Waals surface area contributed by atoms with Crippen LogP contribution in [0.4, 0.5) is 17.1 Å². The predicted octanol–water partition coefficient (Wildman–Crippen LogP) is 23.2. The monoisotopic (exact) mass is 1140 g/mol. The summed E-state index contributed by atoms with van der Waals surface area (Å²) in [6.07, 6.45) is 1.99. The number of fused-ring (bicyclic) bond motifs is 22. The smallest absolute Gasteiger partial charge is 0.145 e. The highest BCUT2D eigenvalue weighted by atomic mass is 15.1. The standard InChI is InChI=1S/C86H61N3/c1-84(2)72-33-19-17-27-59(72)68-46-52(36-39-74(68)84)88(53-37-40-75-69(47-53)60-28-18-20-34-73(60)85(75,3)4)81-63-31-15-13-29-61(63)79(62-30-14-16-32-64(62)81)51-35-42-78-70(45-51)65-38-41-76-80(82(65)89(78)83-54-22-8-7-21-50(54)43-44-87-83)71-48-66-57-25-11-9-23-55(57)56-24-10-12-26-58(56)67(66)49-77(71)86(76,5)6/h7-49H,1-6H3. The van der Waals surface area contributed by atoms with Crippen LogP contribution in [-0.4, -0.2) is 9.55 Å². The van der Waals surface area contributed by atoms with Crippen LogP contribution in [0.3, 0.4) is 0 Å². The molecule has 0 atom stereocenters. The van der Waals surface area contributed by atoms with E-state index in [1.54, 1.807) is 0 Å². The van der Waals surface area contributed by atoms with Gasteiger partial charge in [0.25, 0.3) is 0 Å². The van der Waals surface area contributed by atoms with Gasteiger partial charge in [0.15, 0.2) is 0 Å². The molecule has 0 saturated heterocycles. The second-order valence-corrected chi connectivity index (χ2v) is 26.9. The molecular formula is C86H61N3. The topological polar surface area (TPSA) is 21.1 Å². The van der Waals surface area contributed by atoms with Gasteiger partial charge in [-0.3, -0.25) is 4.57 Å². The van der Waals surface area contributed by atoms with E-state index in [-0.39, 0.29) is 16.2 Å². The molecule has 3 heteroatoms. The van der Waals surface area contributed by atoms with Crippen molar-refractivity contribution in [1.29, 1.82) is 0 Å². The normalized spacial score (nSPS) is 14.7. The molecule has 3 nitrogen and oxygen atoms in total. The fraction of sp³-hybridized carbons (Fsp3) is 0.105. The maximum Gasteiger partial charge on any atom is 0.145 e. The van der Waals surface area contributed by atoms with E-state index in [2.05, 4.69) is 306 Å². The highest BCUT2D eigenvalue weighted by Crippen LogP contribution is 2.58. The first-order chi connectivity index (χ1) is 43.4. The molecular weight excluding hydrogens is 1070 g/mol. The van der Waals surface area contributed by atoms with Crippen molar-refractivity contribution in [3.8, 4) is 50.3 Å². The van der Waals surface area contributed by atoms with Gasteiger partial charge in [-0.25, -0.2) is 4.98 Å². The van der Waals surface area contributed by atoms with E-state index >= 15 is 0 Å². The lowest BCUT2D eigenvalue weighted by molar-refractivity contribution is 0.660. The summed E-state index contributed by atoms with van der Waals surface area (Å²) >= 11 is 0. The fourth-order valence-corrected chi connectivity index (χ4v) is 17.1. The minimum absolute atomic E-state index is 0.126. The Labute approximate surface area is 517 Å². The number of aromatic nitrogens is 2. The number of nitrogens with zero attached hydrogens (tertiary/aromatic N) is 3. The molecule has 0 spiro atoms. The molecule has 0 unspecified atom stereocenters. The van der Waals surface area contributed by atoms with Gasteiger partial charge in [0.2, 0.25) is 0 Å². The number of rotatable bonds is 5. The summed E-state index contributed by atoms with van der Waals surface area (Å²) < 4.78 is 2.51. The SMILES string of the molecule is CC1(C)c2ccccc2-c2cc(N(c3ccc4c(c3)-c3ccccc3C4(C)C)c3c4ccccc4c(-c4ccc5c(c4)c4ccc6c(c4n5-c4nccc5ccccc45)-c4cc5c7ccccc7c7ccccc7c5cc4C6(C)C)c4ccccc34)ccc21. The molecule has 0 N–H and O–H groups in total. The Morgan fingerprint density at radius 1 is 0.303 bits per heavy atom. The summed E-state index contributed by atoms with van der Waals surface area (Å²) in [6, 6.07) is 96.9. The second-order valence-electron chi connectivity index (χ2n) is 26.9. The quantitative estimate of drug-likeness (QED) is 0.126. The van der Waals surface area contributed by atoms with Crippen molar-refractivity contribution in [3.63, 3.8) is 0 Å². The van der Waals surface area contributed by atoms with E-state index in [4.69, 9.17) is 4.98 Å². The summed E-state index contributed by atoms with van der Waals surface area (Å²) in [7, 11) is 0. The molecule has 14 aromatic carbocycles. The highest BCUT2D eigenvalue weighted by molar-refractivity contribution is 6.28. The van der Waals surface area contributed by atoms with Crippen molar-refractivity contribution in [2.45, 2.75) is 57.8 Å². The predicted molar refractivity (Wildman–Crippen MR) is 376 cm³/mol. The molecule has 16 aromatic rings. The van der Waals surface area contributed by atoms with Crippen LogP contribution in [0.15, 0.2) is 261 Å². The van der Waals surface area contributed by atoms with Crippen molar-refractivity contribution >= 4 is 104 Å². The average molecular weight is 1140 g/mol. The first-order valence-corrected chi connectivity index (χ1v) is 31.5. The third-order valence-electron chi connectivity index (χ3n) is 21.4. The van der Waals surface area contributed by atoms with E-state index in [1.807, 2.05) is 6.20 Å². The average Bonchev–Trinajstić information content (AvgIpc) is 1.64. The minimum atomic E-state index is -0.284. The van der Waals surface area contributed by atoms with Gasteiger partial charge < -0.3 is 4.90 Å². The lowest BCUT2D eigenvalue weighted by atomic mass is 9.81. The van der Waals surface area contributed by atoms with E-state index in [9.17, 15) is 0 Å². The Balaban J connectivity index is 0.882. The zero-order chi connectivity index (χ0) is 59.4. The lowest BCUT2D eigenvalue weighted by Gasteiger charge is -2.31. The molecule has 0 bridgehead atoms. The summed E-state index contributed by atoms with van der Waals surface area (Å²) in [5.74, 6) is 0.935. The van der Waals surface area contributed by atoms with Crippen molar-refractivity contribution < 1.29 is 0 Å². The molecule has 0 saturated carbocycles. The summed E-state index contributed by atoms with van der Waals surface area (Å²) in [5, 5.41) is 17.2. The molecule has 3 aliphatic rings. The molecule has 0 aliphatic heterocycles. The van der Waals surface area contributed by atoms with Crippen LogP contribution in [0.1, 0.15) is 74.9 Å². The molecule has 0 fully saturated rings. The van der Waals surface area contributed by atoms with Crippen LogP contribution in [0, 0.1) is 0 Å². The number of benzene rings is 14. The van der Waals surface area contributed by atoms with Crippen molar-refractivity contribution in [2.75, 3.05) is 4.90 Å². The molecule has 19 rings (SSSR count). The van der Waals surface area contributed by atoms with Gasteiger partial charge in [0.1, 0.15) is 5.82 Å². The Bertz CT molecular complexity index is 5680. The van der Waals surface area contributed by atoms with Gasteiger partial charge >= 0.3 is 0 Å². The number of hydrogen-bond acceptors (Lipinski definition) is 2. The van der Waals surface area contributed by atoms with Gasteiger partial charge in [0.05, 0.1) is 16.7 Å². The molecule has 3 aliphatic carbocycles. The second kappa shape index (κ2) is 17.8. The lowest BCUT2D eigenvalue weighted by Crippen LogP contribution is -2.16. The highest BCUT2D eigenvalue weighted by Gasteiger charge is 2.41. The number of hydrogen-bond donors (Lipinski definition) is 0. The van der Waals surface area contributed by atoms with Crippen LogP contribution in [-0.2, 0) is 16.2 Å². The van der Waals surface area contributed by atoms with Gasteiger partial charge in [-0.2, -0.15) is 0 Å². The molecule has 0 radical (unpaired) electrons. The first kappa shape index (κ1) is 50.5. The van der Waals surface area contributed by atoms with E-state index in [1.165, 1.54) is 154 Å². The first-order valence-electron chi connectivity index (χ1n) is 31.5. The molecule has 420 valence electrons. The fourth-order valence-electron chi connectivity index (χ4n) is 17.1. The Hall–Kier alpha value is -10.6. The third kappa shape index (κ3) is 6.69. The van der Waals surface area contributed by atoms with Gasteiger partial charge in [0, 0.05) is 66.3 Å². The van der Waals surface area contributed by atoms with Crippen LogP contribution in [0.5, 0.6) is 0 Å². The zero-order valence-electron chi connectivity index (χ0n) is 50.7. The maximum atomic E-state index is 5.36. The number of pyridine rings is 1. The van der Waals surface area contributed by atoms with E-state index in [0.717, 1.165) is 33.5 Å². The molecule has 2 aromatic heterocycles. The van der Waals surface area contributed by atoms with Crippen LogP contribution >= 0.6 is 0 Å². The van der Waals surface area contributed by atoms with Crippen molar-refractivity contribution in [1.82, 2.24) is 9.55 Å². The number of anilines is 3. The Morgan fingerprint density at radius 3 is 1.37 bits per heavy atom. The van der Waals surface area contributed by atoms with Crippen LogP contribution in [0.2, 0.25) is 0 Å². The van der Waals surface area contributed by atoms with Crippen LogP contribution in [0.25, 0.3) is 137 Å². The zero-order valence-corrected chi connectivity index (χ0v) is 50.7. The largest absolute Gasteiger partial charge is 0.309 e. The van der Waals surface area contributed by atoms with E-state index < -0.39 is 0 Å². The Morgan fingerprint density at radius 2 is 0.775 bits per heavy atom. The third-order valence-corrected chi connectivity index (χ3v) is 21.4. The minimum Gasteiger partial charge on any atom is -0.309 e. The van der Waals surface area contributed by atoms with Crippen molar-refractivity contribution in [2.24, 2.45) is 0 Å². The maximum absolute atomic E-state index is 5.36. The molecule has 2 heterocycles. The summed E-state index contributed by atoms with van der Waals surface area (Å²) in [4.78, 5) is 7.95. The van der Waals surface area contributed by atoms with E-state index in [0.29, 0.717) is 0 Å². The molecule has 0 amide bonds. The van der Waals surface area contributed by atoms with Gasteiger partial charge in [-0.05, 0) is 175 Å². The summed E-state index contributed by atoms with van der Waals surface area (Å²) in [5.41, 5.74) is 23.5.